The number of aliphatic hydroxyl groups is 1. The normalized spacial score (nSPS) is 28.6. The molecule has 1 N–H and O–H groups in total. The van der Waals surface area contributed by atoms with E-state index in [1.54, 1.807) is 11.3 Å². The molecule has 0 amide bonds. The van der Waals surface area contributed by atoms with E-state index in [0.29, 0.717) is 5.92 Å². The Labute approximate surface area is 113 Å². The first-order chi connectivity index (χ1) is 8.77. The molecule has 1 saturated carbocycles. The van der Waals surface area contributed by atoms with E-state index in [2.05, 4.69) is 16.8 Å². The Balaban J connectivity index is 1.61. The third-order valence-electron chi connectivity index (χ3n) is 4.61. The van der Waals surface area contributed by atoms with Crippen LogP contribution in [0.5, 0.6) is 0 Å². The van der Waals surface area contributed by atoms with Crippen molar-refractivity contribution in [1.29, 1.82) is 0 Å². The van der Waals surface area contributed by atoms with Crippen LogP contribution in [0.1, 0.15) is 44.1 Å². The van der Waals surface area contributed by atoms with Crippen molar-refractivity contribution in [3.63, 3.8) is 0 Å². The first kappa shape index (κ1) is 12.6. The Morgan fingerprint density at radius 3 is 3.00 bits per heavy atom. The van der Waals surface area contributed by atoms with Crippen molar-refractivity contribution in [3.05, 3.63) is 22.4 Å². The molecule has 2 heterocycles. The number of hydrogen-bond donors (Lipinski definition) is 1. The summed E-state index contributed by atoms with van der Waals surface area (Å²) in [4.78, 5) is 0. The van der Waals surface area contributed by atoms with E-state index >= 15 is 0 Å². The van der Waals surface area contributed by atoms with Gasteiger partial charge in [-0.2, -0.15) is 11.3 Å². The first-order valence-corrected chi connectivity index (χ1v) is 8.05. The van der Waals surface area contributed by atoms with Crippen LogP contribution in [0.3, 0.4) is 0 Å². The second-order valence-corrected chi connectivity index (χ2v) is 6.67. The molecule has 0 bridgehead atoms. The lowest BCUT2D eigenvalue weighted by Crippen LogP contribution is -2.41. The molecule has 1 aliphatic heterocycles. The van der Waals surface area contributed by atoms with Gasteiger partial charge in [-0.25, -0.2) is 0 Å². The largest absolute Gasteiger partial charge is 0.392 e. The Kier molecular flexibility index (Phi) is 3.73. The van der Waals surface area contributed by atoms with Crippen LogP contribution in [0.15, 0.2) is 16.8 Å². The van der Waals surface area contributed by atoms with Crippen LogP contribution in [-0.4, -0.2) is 23.4 Å². The van der Waals surface area contributed by atoms with Gasteiger partial charge >= 0.3 is 0 Å². The quantitative estimate of drug-likeness (QED) is 0.908. The van der Waals surface area contributed by atoms with Crippen LogP contribution in [0.2, 0.25) is 0 Å². The molecule has 100 valence electrons. The van der Waals surface area contributed by atoms with Crippen molar-refractivity contribution in [1.82, 2.24) is 0 Å². The molecule has 2 fully saturated rings. The third kappa shape index (κ3) is 2.63. The number of aliphatic hydroxyl groups excluding tert-OH is 1. The molecule has 1 spiro atoms. The predicted octanol–water partition coefficient (Wildman–Crippen LogP) is 3.39. The molecule has 1 aliphatic carbocycles. The second kappa shape index (κ2) is 5.32. The number of ether oxygens (including phenoxy) is 1. The van der Waals surface area contributed by atoms with Crippen molar-refractivity contribution >= 4 is 11.3 Å². The van der Waals surface area contributed by atoms with Gasteiger partial charge in [-0.3, -0.25) is 0 Å². The Morgan fingerprint density at radius 2 is 2.28 bits per heavy atom. The van der Waals surface area contributed by atoms with Gasteiger partial charge in [0.2, 0.25) is 0 Å². The molecule has 2 aliphatic rings. The third-order valence-corrected chi connectivity index (χ3v) is 5.35. The summed E-state index contributed by atoms with van der Waals surface area (Å²) < 4.78 is 6.03. The minimum absolute atomic E-state index is 0.124. The van der Waals surface area contributed by atoms with E-state index in [0.717, 1.165) is 25.9 Å². The summed E-state index contributed by atoms with van der Waals surface area (Å²) in [6.07, 6.45) is 7.71. The summed E-state index contributed by atoms with van der Waals surface area (Å²) in [6, 6.07) is 2.12. The molecular weight excluding hydrogens is 244 g/mol. The Hall–Kier alpha value is -0.380. The maximum atomic E-state index is 10.4. The monoisotopic (exact) mass is 266 g/mol. The maximum absolute atomic E-state index is 10.4. The molecule has 1 saturated heterocycles. The SMILES string of the molecule is OC(Cc1ccsc1)C1CCOC2(CCCC2)C1. The Morgan fingerprint density at radius 1 is 1.44 bits per heavy atom. The first-order valence-electron chi connectivity index (χ1n) is 7.11. The van der Waals surface area contributed by atoms with Crippen LogP contribution in [-0.2, 0) is 11.2 Å². The Bertz CT molecular complexity index is 368. The zero-order valence-electron chi connectivity index (χ0n) is 10.8. The van der Waals surface area contributed by atoms with Gasteiger partial charge in [0.25, 0.3) is 0 Å². The van der Waals surface area contributed by atoms with Crippen LogP contribution in [0.4, 0.5) is 0 Å². The molecule has 0 aromatic carbocycles. The van der Waals surface area contributed by atoms with Crippen LogP contribution < -0.4 is 0 Å². The van der Waals surface area contributed by atoms with Gasteiger partial charge in [0, 0.05) is 6.61 Å². The standard InChI is InChI=1S/C15H22O2S/c16-14(9-12-4-8-18-11-12)13-3-7-17-15(10-13)5-1-2-6-15/h4,8,11,13-14,16H,1-3,5-7,9-10H2. The lowest BCUT2D eigenvalue weighted by Gasteiger charge is -2.40. The van der Waals surface area contributed by atoms with E-state index in [1.807, 2.05) is 0 Å². The van der Waals surface area contributed by atoms with E-state index in [9.17, 15) is 5.11 Å². The second-order valence-electron chi connectivity index (χ2n) is 5.89. The summed E-state index contributed by atoms with van der Waals surface area (Å²) in [7, 11) is 0. The zero-order chi connectivity index (χ0) is 12.4. The van der Waals surface area contributed by atoms with Gasteiger partial charge < -0.3 is 9.84 Å². The molecule has 0 radical (unpaired) electrons. The van der Waals surface area contributed by atoms with Gasteiger partial charge in [-0.1, -0.05) is 12.8 Å². The number of thiophene rings is 1. The van der Waals surface area contributed by atoms with Gasteiger partial charge in [-0.15, -0.1) is 0 Å². The molecular formula is C15H22O2S. The highest BCUT2D eigenvalue weighted by Crippen LogP contribution is 2.43. The summed E-state index contributed by atoms with van der Waals surface area (Å²) in [6.45, 7) is 0.839. The highest BCUT2D eigenvalue weighted by atomic mass is 32.1. The summed E-state index contributed by atoms with van der Waals surface area (Å²) in [5.41, 5.74) is 1.40. The minimum atomic E-state index is -0.194. The topological polar surface area (TPSA) is 29.5 Å². The fraction of sp³-hybridized carbons (Fsp3) is 0.733. The van der Waals surface area contributed by atoms with Gasteiger partial charge in [0.05, 0.1) is 11.7 Å². The molecule has 2 nitrogen and oxygen atoms in total. The minimum Gasteiger partial charge on any atom is -0.392 e. The molecule has 2 atom stereocenters. The van der Waals surface area contributed by atoms with Crippen molar-refractivity contribution in [3.8, 4) is 0 Å². The molecule has 18 heavy (non-hydrogen) atoms. The van der Waals surface area contributed by atoms with E-state index in [-0.39, 0.29) is 11.7 Å². The maximum Gasteiger partial charge on any atom is 0.0686 e. The summed E-state index contributed by atoms with van der Waals surface area (Å²) in [5.74, 6) is 0.428. The summed E-state index contributed by atoms with van der Waals surface area (Å²) >= 11 is 1.71. The summed E-state index contributed by atoms with van der Waals surface area (Å²) in [5, 5.41) is 14.7. The average molecular weight is 266 g/mol. The number of rotatable bonds is 3. The van der Waals surface area contributed by atoms with E-state index < -0.39 is 0 Å². The van der Waals surface area contributed by atoms with Gasteiger partial charge in [0.1, 0.15) is 0 Å². The van der Waals surface area contributed by atoms with Crippen LogP contribution >= 0.6 is 11.3 Å². The smallest absolute Gasteiger partial charge is 0.0686 e. The van der Waals surface area contributed by atoms with E-state index in [1.165, 1.54) is 31.2 Å². The molecule has 1 aromatic rings. The number of hydrogen-bond acceptors (Lipinski definition) is 3. The van der Waals surface area contributed by atoms with Crippen LogP contribution in [0, 0.1) is 5.92 Å². The predicted molar refractivity (Wildman–Crippen MR) is 73.9 cm³/mol. The van der Waals surface area contributed by atoms with Crippen molar-refractivity contribution in [2.24, 2.45) is 5.92 Å². The van der Waals surface area contributed by atoms with Crippen molar-refractivity contribution < 1.29 is 9.84 Å². The fourth-order valence-corrected chi connectivity index (χ4v) is 4.26. The zero-order valence-corrected chi connectivity index (χ0v) is 11.6. The molecule has 3 heteroatoms. The van der Waals surface area contributed by atoms with Gasteiger partial charge in [-0.05, 0) is 60.4 Å². The van der Waals surface area contributed by atoms with Crippen molar-refractivity contribution in [2.75, 3.05) is 6.61 Å². The average Bonchev–Trinajstić information content (AvgIpc) is 3.02. The fourth-order valence-electron chi connectivity index (χ4n) is 3.58. The molecule has 2 unspecified atom stereocenters. The molecule has 1 aromatic heterocycles. The lowest BCUT2D eigenvalue weighted by molar-refractivity contribution is -0.112. The highest BCUT2D eigenvalue weighted by molar-refractivity contribution is 7.07. The lowest BCUT2D eigenvalue weighted by atomic mass is 9.80. The van der Waals surface area contributed by atoms with Gasteiger partial charge in [0.15, 0.2) is 0 Å². The van der Waals surface area contributed by atoms with Crippen molar-refractivity contribution in [2.45, 2.75) is 56.7 Å². The van der Waals surface area contributed by atoms with E-state index in [4.69, 9.17) is 4.74 Å². The highest BCUT2D eigenvalue weighted by Gasteiger charge is 2.41. The molecule has 3 rings (SSSR count). The van der Waals surface area contributed by atoms with Crippen LogP contribution in [0.25, 0.3) is 0 Å².